The third kappa shape index (κ3) is 10.9. The highest BCUT2D eigenvalue weighted by Gasteiger charge is 2.34. The number of carbonyl (C=O) groups is 2. The molecule has 0 bridgehead atoms. The van der Waals surface area contributed by atoms with Crippen molar-refractivity contribution in [3.8, 4) is 11.1 Å². The zero-order chi connectivity index (χ0) is 34.3. The van der Waals surface area contributed by atoms with E-state index in [9.17, 15) is 13.9 Å². The summed E-state index contributed by atoms with van der Waals surface area (Å²) in [7, 11) is 1.93. The summed E-state index contributed by atoms with van der Waals surface area (Å²) in [5.74, 6) is 1.18. The lowest BCUT2D eigenvalue weighted by Crippen LogP contribution is -2.41. The maximum absolute atomic E-state index is 14.2. The Morgan fingerprint density at radius 2 is 1.74 bits per heavy atom. The van der Waals surface area contributed by atoms with Crippen LogP contribution in [0.5, 0.6) is 0 Å². The second-order valence-corrected chi connectivity index (χ2v) is 12.7. The van der Waals surface area contributed by atoms with E-state index < -0.39 is 17.6 Å². The van der Waals surface area contributed by atoms with E-state index in [4.69, 9.17) is 14.6 Å². The van der Waals surface area contributed by atoms with E-state index in [0.29, 0.717) is 12.1 Å². The van der Waals surface area contributed by atoms with Gasteiger partial charge in [-0.15, -0.1) is 0 Å². The fourth-order valence-corrected chi connectivity index (χ4v) is 5.84. The van der Waals surface area contributed by atoms with Crippen molar-refractivity contribution in [2.45, 2.75) is 110 Å². The first-order valence-electron chi connectivity index (χ1n) is 16.7. The van der Waals surface area contributed by atoms with Gasteiger partial charge in [0.25, 0.3) is 0 Å². The number of aliphatic hydroxyl groups excluding tert-OH is 1. The van der Waals surface area contributed by atoms with Gasteiger partial charge >= 0.3 is 0 Å². The number of pyridine rings is 1. The van der Waals surface area contributed by atoms with Gasteiger partial charge < -0.3 is 19.6 Å². The molecule has 2 heterocycles. The molecule has 0 radical (unpaired) electrons. The molecule has 1 N–H and O–H groups in total. The summed E-state index contributed by atoms with van der Waals surface area (Å²) < 4.78 is 28.3. The number of hydrogen-bond donors (Lipinski definition) is 1. The van der Waals surface area contributed by atoms with Crippen LogP contribution >= 0.6 is 0 Å². The number of rotatable bonds is 8. The number of aromatic nitrogens is 1. The Bertz CT molecular complexity index is 1290. The minimum atomic E-state index is -2.00. The first-order chi connectivity index (χ1) is 22.0. The number of nitrogens with zero attached hydrogens (tertiary/aromatic N) is 3. The van der Waals surface area contributed by atoms with Crippen molar-refractivity contribution in [3.05, 3.63) is 71.2 Å². The van der Waals surface area contributed by atoms with Crippen molar-refractivity contribution in [2.75, 3.05) is 25.0 Å². The van der Waals surface area contributed by atoms with E-state index in [1.54, 1.807) is 6.08 Å². The maximum Gasteiger partial charge on any atom is 0.162 e. The fourth-order valence-electron chi connectivity index (χ4n) is 5.84. The number of carbonyl (C=O) groups excluding carboxylic acids is 2. The number of allylic oxidation sites excluding steroid dienone is 2. The van der Waals surface area contributed by atoms with E-state index in [1.165, 1.54) is 63.5 Å². The van der Waals surface area contributed by atoms with E-state index in [2.05, 4.69) is 49.1 Å². The van der Waals surface area contributed by atoms with Crippen LogP contribution in [0.25, 0.3) is 11.1 Å². The Morgan fingerprint density at radius 3 is 2.26 bits per heavy atom. The van der Waals surface area contributed by atoms with Gasteiger partial charge in [-0.2, -0.15) is 0 Å². The zero-order valence-electron chi connectivity index (χ0n) is 28.8. The summed E-state index contributed by atoms with van der Waals surface area (Å²) in [5.41, 5.74) is 2.90. The highest BCUT2D eigenvalue weighted by Crippen LogP contribution is 2.35. The molecule has 1 saturated carbocycles. The molecule has 8 heteroatoms. The van der Waals surface area contributed by atoms with Crippen LogP contribution in [-0.4, -0.2) is 66.0 Å². The van der Waals surface area contributed by atoms with Gasteiger partial charge in [-0.05, 0) is 81.5 Å². The second-order valence-electron chi connectivity index (χ2n) is 12.7. The molecule has 3 atom stereocenters. The van der Waals surface area contributed by atoms with Gasteiger partial charge in [-0.1, -0.05) is 76.3 Å². The van der Waals surface area contributed by atoms with Gasteiger partial charge in [0, 0.05) is 37.7 Å². The van der Waals surface area contributed by atoms with Crippen LogP contribution < -0.4 is 4.90 Å². The molecule has 2 aromatic rings. The summed E-state index contributed by atoms with van der Waals surface area (Å²) in [6.07, 6.45) is 12.0. The Morgan fingerprint density at radius 1 is 1.11 bits per heavy atom. The topological polar surface area (TPSA) is 73.7 Å². The molecule has 1 aliphatic heterocycles. The van der Waals surface area contributed by atoms with Crippen LogP contribution in [-0.2, 0) is 22.6 Å². The van der Waals surface area contributed by atoms with Gasteiger partial charge in [0.2, 0.25) is 0 Å². The van der Waals surface area contributed by atoms with Crippen molar-refractivity contribution in [1.82, 2.24) is 9.88 Å². The summed E-state index contributed by atoms with van der Waals surface area (Å²) in [4.78, 5) is 26.1. The van der Waals surface area contributed by atoms with Gasteiger partial charge in [0.1, 0.15) is 24.7 Å². The molecule has 3 unspecified atom stereocenters. The molecule has 2 aliphatic carbocycles. The third-order valence-electron chi connectivity index (χ3n) is 9.13. The lowest BCUT2D eigenvalue weighted by Gasteiger charge is -2.34. The molecule has 254 valence electrons. The van der Waals surface area contributed by atoms with Crippen molar-refractivity contribution in [3.63, 3.8) is 0 Å². The Hall–Kier alpha value is -3.23. The van der Waals surface area contributed by atoms with Crippen LogP contribution in [0.2, 0.25) is 0 Å². The summed E-state index contributed by atoms with van der Waals surface area (Å²) in [6, 6.07) is 12.3. The number of likely N-dealkylation sites (N-methyl/N-ethyl adjacent to an activating group) is 1. The van der Waals surface area contributed by atoms with Crippen molar-refractivity contribution in [1.29, 1.82) is 0 Å². The predicted molar refractivity (Wildman–Crippen MR) is 185 cm³/mol. The third-order valence-corrected chi connectivity index (χ3v) is 9.13. The predicted octanol–water partition coefficient (Wildman–Crippen LogP) is 8.22. The van der Waals surface area contributed by atoms with Crippen molar-refractivity contribution < 1.29 is 23.5 Å². The Kier molecular flexibility index (Phi) is 16.5. The van der Waals surface area contributed by atoms with Gasteiger partial charge in [-0.3, -0.25) is 4.90 Å². The van der Waals surface area contributed by atoms with E-state index in [0.717, 1.165) is 54.9 Å². The first-order valence-corrected chi connectivity index (χ1v) is 16.7. The molecule has 2 fully saturated rings. The standard InChI is InChI=1S/C28H35F2N3O.C7H14.C2H4O.CH2O/c1-5-20-9-6-7-10-22(20)23-11-12-26(33-15-8-16-33)31-24(23)18-32(4)19(2)27(34)21-13-14-28(3,30)25(29)17-21;1-7-5-3-2-4-6-7;1-2-3;1-2/h6-7,9-13,17,19,27,34H,5,8,14-16,18H2,1-4H3;7H,2-6H2,1H3;2H,1H3;1H2. The van der Waals surface area contributed by atoms with Crippen molar-refractivity contribution in [2.24, 2.45) is 5.92 Å². The van der Waals surface area contributed by atoms with Gasteiger partial charge in [-0.25, -0.2) is 13.8 Å². The molecule has 5 rings (SSSR count). The SMILES string of the molecule is C=O.CC1CCCCC1.CC=O.CCc1ccccc1-c1ccc(N2CCC2)nc1CN(C)C(C)C(O)C1=CCC(C)(F)C(F)=C1. The summed E-state index contributed by atoms with van der Waals surface area (Å²) >= 11 is 0. The average Bonchev–Trinajstić information content (AvgIpc) is 3.03. The minimum Gasteiger partial charge on any atom is -0.387 e. The number of alkyl halides is 1. The Labute approximate surface area is 275 Å². The summed E-state index contributed by atoms with van der Waals surface area (Å²) in [6.45, 7) is 13.6. The van der Waals surface area contributed by atoms with E-state index in [-0.39, 0.29) is 12.5 Å². The number of benzene rings is 1. The molecule has 6 nitrogen and oxygen atoms in total. The lowest BCUT2D eigenvalue weighted by atomic mass is 9.90. The monoisotopic (exact) mass is 639 g/mol. The Balaban J connectivity index is 0.000000522. The molecule has 3 aliphatic rings. The van der Waals surface area contributed by atoms with E-state index in [1.807, 2.05) is 31.7 Å². The minimum absolute atomic E-state index is 0.0739. The molecule has 1 saturated heterocycles. The van der Waals surface area contributed by atoms with Crippen LogP contribution in [0.1, 0.15) is 90.8 Å². The first kappa shape index (κ1) is 39.0. The van der Waals surface area contributed by atoms with Crippen LogP contribution in [0.4, 0.5) is 14.6 Å². The van der Waals surface area contributed by atoms with Gasteiger partial charge in [0.05, 0.1) is 11.8 Å². The number of aliphatic hydroxyl groups is 1. The molecule has 0 amide bonds. The van der Waals surface area contributed by atoms with Crippen molar-refractivity contribution >= 4 is 18.9 Å². The molecule has 46 heavy (non-hydrogen) atoms. The number of aldehydes is 1. The number of anilines is 1. The number of aryl methyl sites for hydroxylation is 1. The smallest absolute Gasteiger partial charge is 0.162 e. The van der Waals surface area contributed by atoms with Crippen LogP contribution in [0, 0.1) is 5.92 Å². The van der Waals surface area contributed by atoms with Crippen LogP contribution in [0.3, 0.4) is 0 Å². The number of hydrogen-bond acceptors (Lipinski definition) is 6. The molecular formula is C38H55F2N3O3. The van der Waals surface area contributed by atoms with Crippen LogP contribution in [0.15, 0.2) is 60.0 Å². The molecule has 0 spiro atoms. The quantitative estimate of drug-likeness (QED) is 0.294. The normalized spacial score (nSPS) is 20.6. The largest absolute Gasteiger partial charge is 0.387 e. The zero-order valence-corrected chi connectivity index (χ0v) is 28.8. The second kappa shape index (κ2) is 19.4. The fraction of sp³-hybridized carbons (Fsp3) is 0.553. The van der Waals surface area contributed by atoms with E-state index >= 15 is 0 Å². The molecular weight excluding hydrogens is 584 g/mol. The maximum atomic E-state index is 14.2. The molecule has 1 aromatic carbocycles. The average molecular weight is 640 g/mol. The number of halogens is 2. The highest BCUT2D eigenvalue weighted by molar-refractivity contribution is 5.71. The highest BCUT2D eigenvalue weighted by atomic mass is 19.2. The van der Waals surface area contributed by atoms with Gasteiger partial charge in [0.15, 0.2) is 5.67 Å². The lowest BCUT2D eigenvalue weighted by molar-refractivity contribution is -0.106. The molecule has 1 aromatic heterocycles. The summed E-state index contributed by atoms with van der Waals surface area (Å²) in [5, 5.41) is 11.0.